The Kier molecular flexibility index (Phi) is 3.33. The van der Waals surface area contributed by atoms with Crippen molar-refractivity contribution in [3.63, 3.8) is 0 Å². The summed E-state index contributed by atoms with van der Waals surface area (Å²) >= 11 is 0. The summed E-state index contributed by atoms with van der Waals surface area (Å²) in [7, 11) is 0. The van der Waals surface area contributed by atoms with Gasteiger partial charge >= 0.3 is 0 Å². The fourth-order valence-electron chi connectivity index (χ4n) is 6.33. The molecule has 4 bridgehead atoms. The van der Waals surface area contributed by atoms with Crippen LogP contribution in [0.3, 0.4) is 0 Å². The molecular formula is C18H30N2O. The Morgan fingerprint density at radius 1 is 1.14 bits per heavy atom. The molecule has 5 fully saturated rings. The molecule has 4 aliphatic carbocycles. The zero-order valence-corrected chi connectivity index (χ0v) is 13.4. The number of carbonyl (C=O) groups is 1. The lowest BCUT2D eigenvalue weighted by atomic mass is 9.49. The maximum Gasteiger partial charge on any atom is 0.223 e. The van der Waals surface area contributed by atoms with Gasteiger partial charge in [-0.3, -0.25) is 4.79 Å². The van der Waals surface area contributed by atoms with E-state index in [0.717, 1.165) is 43.7 Å². The van der Waals surface area contributed by atoms with E-state index >= 15 is 0 Å². The standard InChI is InChI=1S/C18H30N2O/c1-12-11-20(3-2-16(12)19)17(21)10-18-7-13-4-14(8-18)6-15(5-13)9-18/h12-16H,2-11,19H2,1H3. The van der Waals surface area contributed by atoms with E-state index in [9.17, 15) is 4.79 Å². The van der Waals surface area contributed by atoms with Crippen molar-refractivity contribution in [1.29, 1.82) is 0 Å². The molecule has 21 heavy (non-hydrogen) atoms. The van der Waals surface area contributed by atoms with Crippen molar-refractivity contribution < 1.29 is 4.79 Å². The molecular weight excluding hydrogens is 260 g/mol. The van der Waals surface area contributed by atoms with Gasteiger partial charge in [0.1, 0.15) is 0 Å². The first kappa shape index (κ1) is 14.0. The summed E-state index contributed by atoms with van der Waals surface area (Å²) in [5.74, 6) is 3.71. The molecule has 5 rings (SSSR count). The Labute approximate surface area is 128 Å². The molecule has 0 radical (unpaired) electrons. The second-order valence-corrected chi connectivity index (χ2v) is 8.86. The van der Waals surface area contributed by atoms with Gasteiger partial charge in [-0.15, -0.1) is 0 Å². The smallest absolute Gasteiger partial charge is 0.223 e. The van der Waals surface area contributed by atoms with E-state index in [-0.39, 0.29) is 6.04 Å². The SMILES string of the molecule is CC1CN(C(=O)CC23CC4CC(CC(C4)C2)C3)CCC1N. The van der Waals surface area contributed by atoms with Gasteiger partial charge in [-0.2, -0.15) is 0 Å². The molecule has 1 saturated heterocycles. The van der Waals surface area contributed by atoms with Gasteiger partial charge < -0.3 is 10.6 Å². The quantitative estimate of drug-likeness (QED) is 0.850. The van der Waals surface area contributed by atoms with Crippen molar-refractivity contribution in [3.05, 3.63) is 0 Å². The third kappa shape index (κ3) is 2.52. The molecule has 0 aromatic rings. The summed E-state index contributed by atoms with van der Waals surface area (Å²) < 4.78 is 0. The fraction of sp³-hybridized carbons (Fsp3) is 0.944. The highest BCUT2D eigenvalue weighted by molar-refractivity contribution is 5.77. The predicted octanol–water partition coefficient (Wildman–Crippen LogP) is 2.79. The number of hydrogen-bond acceptors (Lipinski definition) is 2. The maximum atomic E-state index is 12.8. The highest BCUT2D eigenvalue weighted by atomic mass is 16.2. The van der Waals surface area contributed by atoms with Crippen LogP contribution in [0, 0.1) is 29.1 Å². The van der Waals surface area contributed by atoms with Crippen molar-refractivity contribution in [3.8, 4) is 0 Å². The fourth-order valence-corrected chi connectivity index (χ4v) is 6.33. The minimum Gasteiger partial charge on any atom is -0.342 e. The van der Waals surface area contributed by atoms with Crippen molar-refractivity contribution in [2.75, 3.05) is 13.1 Å². The van der Waals surface area contributed by atoms with E-state index in [1.165, 1.54) is 38.5 Å². The second-order valence-electron chi connectivity index (χ2n) is 8.86. The molecule has 3 heteroatoms. The highest BCUT2D eigenvalue weighted by Gasteiger charge is 2.51. The average molecular weight is 290 g/mol. The van der Waals surface area contributed by atoms with Gasteiger partial charge in [0.25, 0.3) is 0 Å². The molecule has 4 saturated carbocycles. The Bertz CT molecular complexity index is 398. The Morgan fingerprint density at radius 2 is 1.71 bits per heavy atom. The number of rotatable bonds is 2. The van der Waals surface area contributed by atoms with Gasteiger partial charge in [0, 0.05) is 25.6 Å². The molecule has 1 amide bonds. The molecule has 3 nitrogen and oxygen atoms in total. The highest BCUT2D eigenvalue weighted by Crippen LogP contribution is 2.61. The monoisotopic (exact) mass is 290 g/mol. The summed E-state index contributed by atoms with van der Waals surface area (Å²) in [6, 6.07) is 0.286. The van der Waals surface area contributed by atoms with Crippen molar-refractivity contribution in [2.24, 2.45) is 34.8 Å². The van der Waals surface area contributed by atoms with Gasteiger partial charge in [-0.1, -0.05) is 6.92 Å². The van der Waals surface area contributed by atoms with Gasteiger partial charge in [-0.05, 0) is 74.0 Å². The molecule has 2 N–H and O–H groups in total. The van der Waals surface area contributed by atoms with Crippen LogP contribution in [0.25, 0.3) is 0 Å². The predicted molar refractivity (Wildman–Crippen MR) is 83.6 cm³/mol. The zero-order valence-electron chi connectivity index (χ0n) is 13.4. The van der Waals surface area contributed by atoms with E-state index in [4.69, 9.17) is 5.73 Å². The van der Waals surface area contributed by atoms with Gasteiger partial charge in [0.05, 0.1) is 0 Å². The van der Waals surface area contributed by atoms with Crippen molar-refractivity contribution in [1.82, 2.24) is 4.90 Å². The van der Waals surface area contributed by atoms with Crippen LogP contribution >= 0.6 is 0 Å². The molecule has 1 aliphatic heterocycles. The minimum absolute atomic E-state index is 0.286. The molecule has 2 atom stereocenters. The molecule has 1 heterocycles. The summed E-state index contributed by atoms with van der Waals surface area (Å²) in [5.41, 5.74) is 6.47. The van der Waals surface area contributed by atoms with Crippen LogP contribution in [-0.2, 0) is 4.79 Å². The Morgan fingerprint density at radius 3 is 2.24 bits per heavy atom. The van der Waals surface area contributed by atoms with Crippen LogP contribution in [0.2, 0.25) is 0 Å². The van der Waals surface area contributed by atoms with Crippen LogP contribution in [0.15, 0.2) is 0 Å². The van der Waals surface area contributed by atoms with Crippen LogP contribution in [0.5, 0.6) is 0 Å². The molecule has 0 spiro atoms. The average Bonchev–Trinajstić information content (AvgIpc) is 2.39. The first-order valence-electron chi connectivity index (χ1n) is 9.06. The number of hydrogen-bond donors (Lipinski definition) is 1. The van der Waals surface area contributed by atoms with E-state index in [2.05, 4.69) is 11.8 Å². The second kappa shape index (κ2) is 4.97. The lowest BCUT2D eigenvalue weighted by molar-refractivity contribution is -0.141. The van der Waals surface area contributed by atoms with Crippen molar-refractivity contribution >= 4 is 5.91 Å². The number of piperidine rings is 1. The summed E-state index contributed by atoms with van der Waals surface area (Å²) in [6.45, 7) is 3.96. The Balaban J connectivity index is 1.42. The summed E-state index contributed by atoms with van der Waals surface area (Å²) in [6.07, 6.45) is 10.2. The molecule has 118 valence electrons. The number of likely N-dealkylation sites (tertiary alicyclic amines) is 1. The lowest BCUT2D eigenvalue weighted by Gasteiger charge is -2.57. The van der Waals surface area contributed by atoms with Crippen LogP contribution in [-0.4, -0.2) is 29.9 Å². The number of nitrogens with zero attached hydrogens (tertiary/aromatic N) is 1. The normalized spacial score (nSPS) is 48.7. The first-order chi connectivity index (χ1) is 10.0. The Hall–Kier alpha value is -0.570. The van der Waals surface area contributed by atoms with Crippen LogP contribution in [0.4, 0.5) is 0 Å². The molecule has 5 aliphatic rings. The zero-order chi connectivity index (χ0) is 14.6. The summed E-state index contributed by atoms with van der Waals surface area (Å²) in [4.78, 5) is 14.9. The maximum absolute atomic E-state index is 12.8. The van der Waals surface area contributed by atoms with Gasteiger partial charge in [0.2, 0.25) is 5.91 Å². The van der Waals surface area contributed by atoms with Gasteiger partial charge in [0.15, 0.2) is 0 Å². The third-order valence-corrected chi connectivity index (χ3v) is 7.02. The minimum atomic E-state index is 0.286. The topological polar surface area (TPSA) is 46.3 Å². The summed E-state index contributed by atoms with van der Waals surface area (Å²) in [5, 5.41) is 0. The van der Waals surface area contributed by atoms with Gasteiger partial charge in [-0.25, -0.2) is 0 Å². The van der Waals surface area contributed by atoms with E-state index in [1.54, 1.807) is 0 Å². The van der Waals surface area contributed by atoms with E-state index < -0.39 is 0 Å². The number of nitrogens with two attached hydrogens (primary N) is 1. The lowest BCUT2D eigenvalue weighted by Crippen LogP contribution is -2.51. The third-order valence-electron chi connectivity index (χ3n) is 7.02. The largest absolute Gasteiger partial charge is 0.342 e. The van der Waals surface area contributed by atoms with Crippen LogP contribution < -0.4 is 5.73 Å². The number of amides is 1. The first-order valence-corrected chi connectivity index (χ1v) is 9.06. The van der Waals surface area contributed by atoms with E-state index in [1.807, 2.05) is 0 Å². The number of carbonyl (C=O) groups excluding carboxylic acids is 1. The van der Waals surface area contributed by atoms with Crippen molar-refractivity contribution in [2.45, 2.75) is 64.3 Å². The van der Waals surface area contributed by atoms with E-state index in [0.29, 0.717) is 17.2 Å². The van der Waals surface area contributed by atoms with Crippen LogP contribution in [0.1, 0.15) is 58.3 Å². The molecule has 2 unspecified atom stereocenters. The molecule has 0 aromatic heterocycles. The molecule has 0 aromatic carbocycles.